The Labute approximate surface area is 131 Å². The van der Waals surface area contributed by atoms with Gasteiger partial charge in [0.05, 0.1) is 11.4 Å². The van der Waals surface area contributed by atoms with Crippen LogP contribution in [0.25, 0.3) is 0 Å². The molecule has 0 heterocycles. The molecule has 2 aliphatic carbocycles. The zero-order valence-electron chi connectivity index (χ0n) is 12.6. The number of hydrogen-bond acceptors (Lipinski definition) is 6. The molecule has 2 bridgehead atoms. The van der Waals surface area contributed by atoms with Crippen molar-refractivity contribution in [3.63, 3.8) is 0 Å². The zero-order chi connectivity index (χ0) is 16.5. The number of fused-ring (bicyclic) bond motifs is 2. The normalized spacial score (nSPS) is 33.2. The Balaban J connectivity index is 2.04. The third-order valence-electron chi connectivity index (χ3n) is 4.87. The molecule has 124 valence electrons. The molecule has 0 saturated heterocycles. The third kappa shape index (κ3) is 3.23. The van der Waals surface area contributed by atoms with E-state index in [2.05, 4.69) is 11.9 Å². The van der Waals surface area contributed by atoms with Crippen LogP contribution in [0, 0.1) is 17.3 Å². The fourth-order valence-corrected chi connectivity index (χ4v) is 4.22. The summed E-state index contributed by atoms with van der Waals surface area (Å²) < 4.78 is 32.2. The van der Waals surface area contributed by atoms with Crippen LogP contribution in [0.15, 0.2) is 12.7 Å². The molecule has 0 aromatic rings. The molecule has 2 rings (SSSR count). The van der Waals surface area contributed by atoms with Crippen LogP contribution in [0.1, 0.15) is 26.7 Å². The van der Waals surface area contributed by atoms with Gasteiger partial charge < -0.3 is 14.6 Å². The second-order valence-electron chi connectivity index (χ2n) is 6.25. The van der Waals surface area contributed by atoms with Crippen molar-refractivity contribution >= 4 is 23.2 Å². The molecule has 0 radical (unpaired) electrons. The van der Waals surface area contributed by atoms with E-state index in [9.17, 15) is 18.4 Å². The summed E-state index contributed by atoms with van der Waals surface area (Å²) in [6.07, 6.45) is 1.49. The Hall–Kier alpha value is -1.25. The quantitative estimate of drug-likeness (QED) is 0.430. The van der Waals surface area contributed by atoms with Gasteiger partial charge in [-0.15, -0.1) is 0 Å². The van der Waals surface area contributed by atoms with Gasteiger partial charge in [0.1, 0.15) is 18.8 Å². The molecule has 0 aliphatic heterocycles. The first-order valence-corrected chi connectivity index (χ1v) is 8.13. The summed E-state index contributed by atoms with van der Waals surface area (Å²) >= 11 is -2.66. The van der Waals surface area contributed by atoms with Crippen molar-refractivity contribution in [2.45, 2.75) is 38.9 Å². The van der Waals surface area contributed by atoms with Crippen molar-refractivity contribution in [3.05, 3.63) is 12.7 Å². The highest BCUT2D eigenvalue weighted by Crippen LogP contribution is 2.59. The highest BCUT2D eigenvalue weighted by Gasteiger charge is 2.61. The van der Waals surface area contributed by atoms with E-state index in [1.165, 1.54) is 0 Å². The lowest BCUT2D eigenvalue weighted by Crippen LogP contribution is -2.41. The van der Waals surface area contributed by atoms with Gasteiger partial charge in [-0.2, -0.15) is 0 Å². The van der Waals surface area contributed by atoms with Crippen LogP contribution in [-0.2, 0) is 29.9 Å². The van der Waals surface area contributed by atoms with Gasteiger partial charge in [0, 0.05) is 5.92 Å². The summed E-state index contributed by atoms with van der Waals surface area (Å²) in [5.41, 5.74) is -0.153. The third-order valence-corrected chi connectivity index (χ3v) is 5.25. The van der Waals surface area contributed by atoms with E-state index in [0.717, 1.165) is 18.9 Å². The van der Waals surface area contributed by atoms with Crippen molar-refractivity contribution < 1.29 is 27.3 Å². The van der Waals surface area contributed by atoms with Crippen LogP contribution in [-0.4, -0.2) is 39.4 Å². The second kappa shape index (κ2) is 6.47. The van der Waals surface area contributed by atoms with Gasteiger partial charge in [0.25, 0.3) is 0 Å². The van der Waals surface area contributed by atoms with Crippen molar-refractivity contribution in [3.8, 4) is 0 Å². The van der Waals surface area contributed by atoms with E-state index in [1.54, 1.807) is 0 Å². The molecule has 5 atom stereocenters. The minimum atomic E-state index is -2.66. The summed E-state index contributed by atoms with van der Waals surface area (Å²) in [6, 6.07) is 0. The van der Waals surface area contributed by atoms with Crippen LogP contribution in [0.4, 0.5) is 0 Å². The lowest BCUT2D eigenvalue weighted by molar-refractivity contribution is -0.157. The first kappa shape index (κ1) is 17.1. The van der Waals surface area contributed by atoms with Gasteiger partial charge in [0.2, 0.25) is 5.91 Å². The molecule has 22 heavy (non-hydrogen) atoms. The number of esters is 1. The highest BCUT2D eigenvalue weighted by molar-refractivity contribution is 7.74. The molecule has 1 amide bonds. The molecule has 5 unspecified atom stereocenters. The van der Waals surface area contributed by atoms with E-state index < -0.39 is 35.4 Å². The van der Waals surface area contributed by atoms with E-state index >= 15 is 0 Å². The van der Waals surface area contributed by atoms with Gasteiger partial charge in [0.15, 0.2) is 0 Å². The van der Waals surface area contributed by atoms with Crippen LogP contribution >= 0.6 is 0 Å². The van der Waals surface area contributed by atoms with E-state index in [0.29, 0.717) is 0 Å². The molecule has 0 aromatic heterocycles. The summed E-state index contributed by atoms with van der Waals surface area (Å²) in [4.78, 5) is 22.9. The SMILES string of the molecule is C=CC(=O)NCC(=O)OC1C(OS(=O)[O-])C2CCC1C2(C)C. The van der Waals surface area contributed by atoms with E-state index in [1.807, 2.05) is 13.8 Å². The smallest absolute Gasteiger partial charge is 0.325 e. The van der Waals surface area contributed by atoms with Crippen molar-refractivity contribution in [2.24, 2.45) is 17.3 Å². The van der Waals surface area contributed by atoms with Gasteiger partial charge >= 0.3 is 5.97 Å². The number of ether oxygens (including phenoxy) is 1. The van der Waals surface area contributed by atoms with Crippen LogP contribution < -0.4 is 5.32 Å². The highest BCUT2D eigenvalue weighted by atomic mass is 32.2. The minimum Gasteiger partial charge on any atom is -0.750 e. The number of amides is 1. The lowest BCUT2D eigenvalue weighted by Gasteiger charge is -2.30. The largest absolute Gasteiger partial charge is 0.750 e. The Morgan fingerprint density at radius 1 is 1.36 bits per heavy atom. The molecule has 0 aromatic carbocycles. The maximum absolute atomic E-state index is 11.9. The molecule has 8 heteroatoms. The van der Waals surface area contributed by atoms with Gasteiger partial charge in [-0.05, 0) is 30.3 Å². The number of nitrogens with one attached hydrogen (secondary N) is 1. The molecule has 2 fully saturated rings. The number of hydrogen-bond donors (Lipinski definition) is 1. The number of rotatable bonds is 6. The second-order valence-corrected chi connectivity index (χ2v) is 6.85. The number of carbonyl (C=O) groups excluding carboxylic acids is 2. The van der Waals surface area contributed by atoms with Gasteiger partial charge in [-0.25, -0.2) is 4.21 Å². The molecule has 1 N–H and O–H groups in total. The summed E-state index contributed by atoms with van der Waals surface area (Å²) in [5.74, 6) is -1.02. The molecular weight excluding hydrogens is 310 g/mol. The van der Waals surface area contributed by atoms with Crippen LogP contribution in [0.3, 0.4) is 0 Å². The molecule has 7 nitrogen and oxygen atoms in total. The fraction of sp³-hybridized carbons (Fsp3) is 0.714. The Morgan fingerprint density at radius 3 is 2.50 bits per heavy atom. The topological polar surface area (TPSA) is 105 Å². The monoisotopic (exact) mass is 330 g/mol. The molecule has 2 saturated carbocycles. The van der Waals surface area contributed by atoms with Crippen LogP contribution in [0.2, 0.25) is 0 Å². The summed E-state index contributed by atoms with van der Waals surface area (Å²) in [5, 5.41) is 2.33. The Bertz CT molecular complexity index is 506. The van der Waals surface area contributed by atoms with E-state index in [-0.39, 0.29) is 23.8 Å². The lowest BCUT2D eigenvalue weighted by atomic mass is 9.82. The summed E-state index contributed by atoms with van der Waals surface area (Å²) in [6.45, 7) is 7.07. The zero-order valence-corrected chi connectivity index (χ0v) is 13.4. The van der Waals surface area contributed by atoms with Crippen LogP contribution in [0.5, 0.6) is 0 Å². The molecule has 0 spiro atoms. The summed E-state index contributed by atoms with van der Waals surface area (Å²) in [7, 11) is 0. The predicted molar refractivity (Wildman–Crippen MR) is 76.9 cm³/mol. The average Bonchev–Trinajstić information content (AvgIpc) is 2.83. The predicted octanol–water partition coefficient (Wildman–Crippen LogP) is 0.446. The minimum absolute atomic E-state index is 0.0240. The molecule has 2 aliphatic rings. The Morgan fingerprint density at radius 2 is 1.95 bits per heavy atom. The number of carbonyl (C=O) groups is 2. The van der Waals surface area contributed by atoms with Crippen molar-refractivity contribution in [1.29, 1.82) is 0 Å². The fourth-order valence-electron chi connectivity index (χ4n) is 3.80. The van der Waals surface area contributed by atoms with Crippen molar-refractivity contribution in [1.82, 2.24) is 5.32 Å². The molecular formula is C14H20NO6S-. The average molecular weight is 330 g/mol. The Kier molecular flexibility index (Phi) is 5.03. The van der Waals surface area contributed by atoms with Gasteiger partial charge in [-0.1, -0.05) is 20.4 Å². The maximum atomic E-state index is 11.9. The van der Waals surface area contributed by atoms with E-state index in [4.69, 9.17) is 8.92 Å². The first-order valence-electron chi connectivity index (χ1n) is 7.13. The van der Waals surface area contributed by atoms with Gasteiger partial charge in [-0.3, -0.25) is 13.8 Å². The maximum Gasteiger partial charge on any atom is 0.325 e. The first-order chi connectivity index (χ1) is 10.3. The standard InChI is InChI=1S/C14H21NO6S/c1-4-10(16)15-7-11(17)20-12-8-5-6-9(14(8,2)3)13(12)21-22(18)19/h4,8-9,12-13H,1,5-7H2,2-3H3,(H,15,16)(H,18,19)/p-1. The van der Waals surface area contributed by atoms with Crippen molar-refractivity contribution in [2.75, 3.05) is 6.54 Å².